The van der Waals surface area contributed by atoms with Crippen molar-refractivity contribution in [3.63, 3.8) is 0 Å². The van der Waals surface area contributed by atoms with Gasteiger partial charge in [-0.3, -0.25) is 0 Å². The Balaban J connectivity index is 3.88. The third-order valence-corrected chi connectivity index (χ3v) is 2.65. The first-order valence-electron chi connectivity index (χ1n) is 5.65. The van der Waals surface area contributed by atoms with Gasteiger partial charge < -0.3 is 5.11 Å². The van der Waals surface area contributed by atoms with E-state index in [1.54, 1.807) is 0 Å². The maximum Gasteiger partial charge on any atom is 0.330 e. The number of hydrogen-bond donors (Lipinski definition) is 1. The molecule has 0 rings (SSSR count). The van der Waals surface area contributed by atoms with E-state index in [4.69, 9.17) is 5.11 Å². The largest absolute Gasteiger partial charge is 0.478 e. The molecule has 0 radical (unpaired) electrons. The van der Waals surface area contributed by atoms with E-state index in [1.807, 2.05) is 6.92 Å². The third-order valence-electron chi connectivity index (χ3n) is 2.65. The first-order valence-corrected chi connectivity index (χ1v) is 5.65. The lowest BCUT2D eigenvalue weighted by Crippen LogP contribution is -1.97. The summed E-state index contributed by atoms with van der Waals surface area (Å²) in [6.45, 7) is 9.76. The highest BCUT2D eigenvalue weighted by Gasteiger charge is 2.01. The number of rotatable bonds is 7. The molecule has 2 heteroatoms. The van der Waals surface area contributed by atoms with Crippen LogP contribution in [0.1, 0.15) is 46.5 Å². The van der Waals surface area contributed by atoms with E-state index in [0.717, 1.165) is 19.3 Å². The Bertz CT molecular complexity index is 309. The fourth-order valence-corrected chi connectivity index (χ4v) is 1.24. The lowest BCUT2D eigenvalue weighted by molar-refractivity contribution is -0.132. The van der Waals surface area contributed by atoms with Crippen LogP contribution in [0.4, 0.5) is 0 Å². The van der Waals surface area contributed by atoms with Gasteiger partial charge in [0.1, 0.15) is 0 Å². The van der Waals surface area contributed by atoms with E-state index in [0.29, 0.717) is 6.42 Å². The minimum absolute atomic E-state index is 0.286. The van der Waals surface area contributed by atoms with Crippen molar-refractivity contribution in [3.8, 4) is 0 Å². The zero-order valence-electron chi connectivity index (χ0n) is 10.5. The van der Waals surface area contributed by atoms with Crippen molar-refractivity contribution in [1.29, 1.82) is 0 Å². The molecule has 90 valence electrons. The van der Waals surface area contributed by atoms with Crippen molar-refractivity contribution >= 4 is 5.97 Å². The number of aliphatic carboxylic acids is 1. The third kappa shape index (κ3) is 7.04. The molecule has 0 atom stereocenters. The summed E-state index contributed by atoms with van der Waals surface area (Å²) < 4.78 is 0. The molecule has 0 fully saturated rings. The average molecular weight is 222 g/mol. The molecular formula is C14H22O2. The van der Waals surface area contributed by atoms with Gasteiger partial charge in [0.05, 0.1) is 0 Å². The SMILES string of the molecule is C=C(CC/C=C(\C)CCC(C)=CC)C(=O)O. The van der Waals surface area contributed by atoms with Crippen LogP contribution in [0.3, 0.4) is 0 Å². The molecule has 0 aliphatic heterocycles. The lowest BCUT2D eigenvalue weighted by Gasteiger charge is -2.02. The maximum atomic E-state index is 10.5. The number of carboxylic acid groups (broad SMARTS) is 1. The molecule has 0 aliphatic carbocycles. The summed E-state index contributed by atoms with van der Waals surface area (Å²) in [7, 11) is 0. The summed E-state index contributed by atoms with van der Waals surface area (Å²) in [6.07, 6.45) is 7.67. The topological polar surface area (TPSA) is 37.3 Å². The zero-order chi connectivity index (χ0) is 12.6. The Hall–Kier alpha value is -1.31. The summed E-state index contributed by atoms with van der Waals surface area (Å²) in [4.78, 5) is 10.5. The summed E-state index contributed by atoms with van der Waals surface area (Å²) in [5.41, 5.74) is 3.00. The molecule has 0 aromatic heterocycles. The maximum absolute atomic E-state index is 10.5. The second-order valence-electron chi connectivity index (χ2n) is 4.13. The van der Waals surface area contributed by atoms with Crippen LogP contribution in [0.25, 0.3) is 0 Å². The van der Waals surface area contributed by atoms with E-state index in [2.05, 4.69) is 32.6 Å². The Labute approximate surface area is 98.4 Å². The fraction of sp³-hybridized carbons (Fsp3) is 0.500. The second-order valence-corrected chi connectivity index (χ2v) is 4.13. The molecular weight excluding hydrogens is 200 g/mol. The van der Waals surface area contributed by atoms with Crippen LogP contribution < -0.4 is 0 Å². The Morgan fingerprint density at radius 1 is 1.19 bits per heavy atom. The quantitative estimate of drug-likeness (QED) is 0.520. The van der Waals surface area contributed by atoms with Crippen LogP contribution in [0.2, 0.25) is 0 Å². The van der Waals surface area contributed by atoms with Crippen molar-refractivity contribution in [2.75, 3.05) is 0 Å². The molecule has 2 nitrogen and oxygen atoms in total. The average Bonchev–Trinajstić information content (AvgIpc) is 2.25. The van der Waals surface area contributed by atoms with Gasteiger partial charge in [0, 0.05) is 5.57 Å². The van der Waals surface area contributed by atoms with Crippen LogP contribution in [0.5, 0.6) is 0 Å². The van der Waals surface area contributed by atoms with E-state index >= 15 is 0 Å². The van der Waals surface area contributed by atoms with Gasteiger partial charge in [-0.2, -0.15) is 0 Å². The van der Waals surface area contributed by atoms with E-state index in [1.165, 1.54) is 11.1 Å². The number of carboxylic acids is 1. The highest BCUT2D eigenvalue weighted by atomic mass is 16.4. The van der Waals surface area contributed by atoms with Gasteiger partial charge in [-0.05, 0) is 46.5 Å². The summed E-state index contributed by atoms with van der Waals surface area (Å²) >= 11 is 0. The first-order chi connectivity index (χ1) is 7.47. The normalized spacial score (nSPS) is 12.7. The molecule has 0 unspecified atom stereocenters. The lowest BCUT2D eigenvalue weighted by atomic mass is 10.0. The van der Waals surface area contributed by atoms with Crippen LogP contribution in [0.15, 0.2) is 35.5 Å². The van der Waals surface area contributed by atoms with E-state index in [9.17, 15) is 4.79 Å². The van der Waals surface area contributed by atoms with Crippen molar-refractivity contribution < 1.29 is 9.90 Å². The number of hydrogen-bond acceptors (Lipinski definition) is 1. The smallest absolute Gasteiger partial charge is 0.330 e. The molecule has 0 aliphatic rings. The van der Waals surface area contributed by atoms with Gasteiger partial charge in [-0.15, -0.1) is 0 Å². The molecule has 0 saturated carbocycles. The molecule has 0 spiro atoms. The van der Waals surface area contributed by atoms with E-state index in [-0.39, 0.29) is 5.57 Å². The van der Waals surface area contributed by atoms with Crippen molar-refractivity contribution in [2.45, 2.75) is 46.5 Å². The molecule has 0 aromatic carbocycles. The van der Waals surface area contributed by atoms with Crippen molar-refractivity contribution in [1.82, 2.24) is 0 Å². The first kappa shape index (κ1) is 14.7. The number of carbonyl (C=O) groups is 1. The molecule has 0 saturated heterocycles. The minimum Gasteiger partial charge on any atom is -0.478 e. The monoisotopic (exact) mass is 222 g/mol. The molecule has 0 bridgehead atoms. The molecule has 1 N–H and O–H groups in total. The van der Waals surface area contributed by atoms with Gasteiger partial charge in [0.25, 0.3) is 0 Å². The van der Waals surface area contributed by atoms with Crippen molar-refractivity contribution in [3.05, 3.63) is 35.5 Å². The Kier molecular flexibility index (Phi) is 7.27. The molecule has 0 heterocycles. The zero-order valence-corrected chi connectivity index (χ0v) is 10.5. The van der Waals surface area contributed by atoms with E-state index < -0.39 is 5.97 Å². The van der Waals surface area contributed by atoms with Crippen LogP contribution in [-0.2, 0) is 4.79 Å². The Morgan fingerprint density at radius 2 is 1.75 bits per heavy atom. The molecule has 0 aromatic rings. The molecule has 16 heavy (non-hydrogen) atoms. The number of allylic oxidation sites excluding steroid dienone is 4. The molecule has 0 amide bonds. The Morgan fingerprint density at radius 3 is 2.25 bits per heavy atom. The van der Waals surface area contributed by atoms with Crippen LogP contribution in [0, 0.1) is 0 Å². The highest BCUT2D eigenvalue weighted by Crippen LogP contribution is 2.13. The standard InChI is InChI=1S/C14H22O2/c1-5-11(2)9-10-12(3)7-6-8-13(4)14(15)16/h5,7H,4,6,8-10H2,1-3H3,(H,15,16)/b11-5?,12-7+. The second kappa shape index (κ2) is 7.91. The summed E-state index contributed by atoms with van der Waals surface area (Å²) in [6, 6.07) is 0. The van der Waals surface area contributed by atoms with Gasteiger partial charge in [0.15, 0.2) is 0 Å². The van der Waals surface area contributed by atoms with Gasteiger partial charge >= 0.3 is 5.97 Å². The van der Waals surface area contributed by atoms with Gasteiger partial charge in [-0.25, -0.2) is 4.79 Å². The fourth-order valence-electron chi connectivity index (χ4n) is 1.24. The van der Waals surface area contributed by atoms with Crippen LogP contribution in [-0.4, -0.2) is 11.1 Å². The predicted molar refractivity (Wildman–Crippen MR) is 68.4 cm³/mol. The summed E-state index contributed by atoms with van der Waals surface area (Å²) in [5.74, 6) is -0.893. The van der Waals surface area contributed by atoms with Crippen LogP contribution >= 0.6 is 0 Å². The minimum atomic E-state index is -0.893. The highest BCUT2D eigenvalue weighted by molar-refractivity contribution is 5.85. The van der Waals surface area contributed by atoms with Crippen molar-refractivity contribution in [2.24, 2.45) is 0 Å². The predicted octanol–water partition coefficient (Wildman–Crippen LogP) is 4.10. The van der Waals surface area contributed by atoms with Gasteiger partial charge in [0.2, 0.25) is 0 Å². The summed E-state index contributed by atoms with van der Waals surface area (Å²) in [5, 5.41) is 8.63. The van der Waals surface area contributed by atoms with Gasteiger partial charge in [-0.1, -0.05) is 29.9 Å².